The third-order valence-electron chi connectivity index (χ3n) is 6.14. The molecule has 4 rings (SSSR count). The van der Waals surface area contributed by atoms with Gasteiger partial charge in [0.2, 0.25) is 0 Å². The van der Waals surface area contributed by atoms with Crippen LogP contribution in [0.5, 0.6) is 0 Å². The van der Waals surface area contributed by atoms with Crippen LogP contribution in [0.2, 0.25) is 18.1 Å². The summed E-state index contributed by atoms with van der Waals surface area (Å²) in [6, 6.07) is 10.3. The molecule has 2 N–H and O–H groups in total. The molecule has 0 saturated heterocycles. The van der Waals surface area contributed by atoms with Gasteiger partial charge in [0.25, 0.3) is 0 Å². The highest BCUT2D eigenvalue weighted by molar-refractivity contribution is 6.74. The number of nitrogens with two attached hydrogens (primary N) is 1. The van der Waals surface area contributed by atoms with Gasteiger partial charge in [-0.05, 0) is 35.3 Å². The second-order valence-corrected chi connectivity index (χ2v) is 14.0. The van der Waals surface area contributed by atoms with Gasteiger partial charge in [0.05, 0.1) is 12.9 Å². The van der Waals surface area contributed by atoms with Crippen LogP contribution in [0.1, 0.15) is 32.6 Å². The first-order valence-electron chi connectivity index (χ1n) is 10.2. The minimum Gasteiger partial charge on any atom is -0.414 e. The average Bonchev–Trinajstić information content (AvgIpc) is 3.31. The van der Waals surface area contributed by atoms with E-state index >= 15 is 0 Å². The average molecular weight is 424 g/mol. The standard InChI is InChI=1S/C22H29N5O2Si/c1-22(2,3)30(4,5)28-12-17-16(15-9-7-6-8-10-15)11-18(29-17)27-14-26-19-20(23)24-13-25-21(19)27/h6-11,13-14,17-18H,12H2,1-5H3,(H2,23,24,25)/t17-,18-/m1/s1. The van der Waals surface area contributed by atoms with E-state index < -0.39 is 8.32 Å². The van der Waals surface area contributed by atoms with Gasteiger partial charge in [0.1, 0.15) is 17.9 Å². The molecule has 1 aromatic carbocycles. The van der Waals surface area contributed by atoms with Gasteiger partial charge < -0.3 is 14.9 Å². The van der Waals surface area contributed by atoms with Crippen molar-refractivity contribution in [3.63, 3.8) is 0 Å². The lowest BCUT2D eigenvalue weighted by atomic mass is 10.0. The van der Waals surface area contributed by atoms with Crippen LogP contribution in [-0.4, -0.2) is 40.5 Å². The Balaban J connectivity index is 1.66. The summed E-state index contributed by atoms with van der Waals surface area (Å²) in [5.74, 6) is 0.363. The molecule has 3 heterocycles. The molecule has 30 heavy (non-hydrogen) atoms. The van der Waals surface area contributed by atoms with E-state index in [2.05, 4.69) is 67.0 Å². The summed E-state index contributed by atoms with van der Waals surface area (Å²) < 4.78 is 14.9. The normalized spacial score (nSPS) is 20.0. The van der Waals surface area contributed by atoms with E-state index in [0.29, 0.717) is 23.6 Å². The molecule has 3 aromatic rings. The Labute approximate surface area is 178 Å². The van der Waals surface area contributed by atoms with Crippen LogP contribution >= 0.6 is 0 Å². The first-order valence-corrected chi connectivity index (χ1v) is 13.1. The molecule has 0 unspecified atom stereocenters. The van der Waals surface area contributed by atoms with Crippen LogP contribution in [0, 0.1) is 0 Å². The van der Waals surface area contributed by atoms with Gasteiger partial charge in [0.15, 0.2) is 26.0 Å². The lowest BCUT2D eigenvalue weighted by Gasteiger charge is -2.37. The van der Waals surface area contributed by atoms with Crippen LogP contribution in [0.3, 0.4) is 0 Å². The summed E-state index contributed by atoms with van der Waals surface area (Å²) in [5, 5.41) is 0.136. The number of benzene rings is 1. The van der Waals surface area contributed by atoms with E-state index in [-0.39, 0.29) is 17.4 Å². The van der Waals surface area contributed by atoms with Crippen molar-refractivity contribution in [3.8, 4) is 0 Å². The van der Waals surface area contributed by atoms with Crippen LogP contribution in [0.4, 0.5) is 5.82 Å². The Morgan fingerprint density at radius 3 is 2.57 bits per heavy atom. The van der Waals surface area contributed by atoms with Gasteiger partial charge in [-0.2, -0.15) is 0 Å². The third-order valence-corrected chi connectivity index (χ3v) is 10.6. The number of aromatic nitrogens is 4. The molecule has 7 nitrogen and oxygen atoms in total. The van der Waals surface area contributed by atoms with Gasteiger partial charge in [-0.1, -0.05) is 51.1 Å². The zero-order valence-electron chi connectivity index (χ0n) is 18.2. The van der Waals surface area contributed by atoms with Crippen molar-refractivity contribution in [3.05, 3.63) is 54.6 Å². The van der Waals surface area contributed by atoms with Gasteiger partial charge in [0, 0.05) is 0 Å². The topological polar surface area (TPSA) is 88.1 Å². The number of ether oxygens (including phenoxy) is 1. The van der Waals surface area contributed by atoms with E-state index in [1.165, 1.54) is 6.33 Å². The first kappa shape index (κ1) is 20.7. The summed E-state index contributed by atoms with van der Waals surface area (Å²) in [4.78, 5) is 12.8. The molecule has 1 aliphatic heterocycles. The Morgan fingerprint density at radius 2 is 1.87 bits per heavy atom. The monoisotopic (exact) mass is 423 g/mol. The number of rotatable bonds is 5. The highest BCUT2D eigenvalue weighted by atomic mass is 28.4. The van der Waals surface area contributed by atoms with E-state index in [9.17, 15) is 0 Å². The zero-order chi connectivity index (χ0) is 21.5. The number of anilines is 1. The summed E-state index contributed by atoms with van der Waals surface area (Å²) in [5.41, 5.74) is 9.43. The Kier molecular flexibility index (Phi) is 5.25. The highest BCUT2D eigenvalue weighted by Crippen LogP contribution is 2.39. The largest absolute Gasteiger partial charge is 0.414 e. The lowest BCUT2D eigenvalue weighted by Crippen LogP contribution is -2.42. The summed E-state index contributed by atoms with van der Waals surface area (Å²) in [6.07, 6.45) is 4.76. The Bertz CT molecular complexity index is 1070. The zero-order valence-corrected chi connectivity index (χ0v) is 19.2. The van der Waals surface area contributed by atoms with Gasteiger partial charge in [-0.25, -0.2) is 15.0 Å². The number of nitrogens with zero attached hydrogens (tertiary/aromatic N) is 4. The van der Waals surface area contributed by atoms with E-state index in [1.54, 1.807) is 6.33 Å². The van der Waals surface area contributed by atoms with Crippen molar-refractivity contribution in [1.29, 1.82) is 0 Å². The molecule has 0 bridgehead atoms. The smallest absolute Gasteiger partial charge is 0.192 e. The van der Waals surface area contributed by atoms with Gasteiger partial charge in [-0.15, -0.1) is 0 Å². The molecule has 0 spiro atoms. The van der Waals surface area contributed by atoms with Crippen molar-refractivity contribution >= 4 is 30.9 Å². The maximum Gasteiger partial charge on any atom is 0.192 e. The second kappa shape index (κ2) is 7.61. The number of fused-ring (bicyclic) bond motifs is 1. The Morgan fingerprint density at radius 1 is 1.13 bits per heavy atom. The highest BCUT2D eigenvalue weighted by Gasteiger charge is 2.39. The molecular weight excluding hydrogens is 394 g/mol. The van der Waals surface area contributed by atoms with Crippen LogP contribution < -0.4 is 5.73 Å². The summed E-state index contributed by atoms with van der Waals surface area (Å²) >= 11 is 0. The molecule has 158 valence electrons. The SMILES string of the molecule is CC(C)(C)[Si](C)(C)OC[C@H]1O[C@@H](n2cnc3c(N)ncnc32)C=C1c1ccccc1. The summed E-state index contributed by atoms with van der Waals surface area (Å²) in [6.45, 7) is 11.8. The minimum absolute atomic E-state index is 0.136. The van der Waals surface area contributed by atoms with Crippen LogP contribution in [0.15, 0.2) is 49.1 Å². The number of nitrogen functional groups attached to an aromatic ring is 1. The molecule has 0 amide bonds. The molecule has 0 saturated carbocycles. The van der Waals surface area contributed by atoms with E-state index in [1.807, 2.05) is 22.8 Å². The maximum absolute atomic E-state index is 6.50. The van der Waals surface area contributed by atoms with Crippen molar-refractivity contribution in [2.75, 3.05) is 12.3 Å². The number of hydrogen-bond donors (Lipinski definition) is 1. The predicted octanol–water partition coefficient (Wildman–Crippen LogP) is 4.41. The molecule has 1 aliphatic rings. The predicted molar refractivity (Wildman–Crippen MR) is 121 cm³/mol. The van der Waals surface area contributed by atoms with E-state index in [0.717, 1.165) is 11.1 Å². The quantitative estimate of drug-likeness (QED) is 0.612. The first-order chi connectivity index (χ1) is 14.2. The molecular formula is C22H29N5O2Si. The fourth-order valence-corrected chi connectivity index (χ4v) is 4.29. The maximum atomic E-state index is 6.50. The van der Waals surface area contributed by atoms with Crippen molar-refractivity contribution < 1.29 is 9.16 Å². The third kappa shape index (κ3) is 3.78. The molecule has 2 aromatic heterocycles. The van der Waals surface area contributed by atoms with Gasteiger partial charge >= 0.3 is 0 Å². The van der Waals surface area contributed by atoms with Crippen molar-refractivity contribution in [2.24, 2.45) is 0 Å². The fraction of sp³-hybridized carbons (Fsp3) is 0.409. The number of hydrogen-bond acceptors (Lipinski definition) is 6. The minimum atomic E-state index is -1.91. The molecule has 0 radical (unpaired) electrons. The Hall–Kier alpha value is -2.55. The van der Waals surface area contributed by atoms with E-state index in [4.69, 9.17) is 14.9 Å². The summed E-state index contributed by atoms with van der Waals surface area (Å²) in [7, 11) is -1.91. The molecule has 0 fully saturated rings. The van der Waals surface area contributed by atoms with Crippen LogP contribution in [0.25, 0.3) is 16.7 Å². The second-order valence-electron chi connectivity index (χ2n) is 9.16. The van der Waals surface area contributed by atoms with Crippen molar-refractivity contribution in [1.82, 2.24) is 19.5 Å². The molecule has 0 aliphatic carbocycles. The molecule has 2 atom stereocenters. The van der Waals surface area contributed by atoms with Crippen LogP contribution in [-0.2, 0) is 9.16 Å². The lowest BCUT2D eigenvalue weighted by molar-refractivity contribution is -0.000673. The van der Waals surface area contributed by atoms with Crippen molar-refractivity contribution in [2.45, 2.75) is 51.2 Å². The molecule has 8 heteroatoms. The number of imidazole rings is 1. The fourth-order valence-electron chi connectivity index (χ4n) is 3.29. The van der Waals surface area contributed by atoms with Gasteiger partial charge in [-0.3, -0.25) is 4.57 Å².